The second-order valence-electron chi connectivity index (χ2n) is 8.44. The number of hydrogen-bond acceptors (Lipinski definition) is 6. The van der Waals surface area contributed by atoms with Crippen molar-refractivity contribution in [3.05, 3.63) is 136 Å². The molecule has 1 aliphatic rings. The lowest BCUT2D eigenvalue weighted by atomic mass is 9.95. The van der Waals surface area contributed by atoms with Crippen LogP contribution in [-0.2, 0) is 9.59 Å². The van der Waals surface area contributed by atoms with Gasteiger partial charge in [-0.1, -0.05) is 48.5 Å². The molecular formula is C29H19FN2O6. The predicted molar refractivity (Wildman–Crippen MR) is 137 cm³/mol. The van der Waals surface area contributed by atoms with Gasteiger partial charge in [-0.2, -0.15) is 0 Å². The van der Waals surface area contributed by atoms with Crippen molar-refractivity contribution in [2.45, 2.75) is 6.04 Å². The Bertz CT molecular complexity index is 1600. The third-order valence-electron chi connectivity index (χ3n) is 6.01. The molecule has 1 heterocycles. The van der Waals surface area contributed by atoms with Gasteiger partial charge in [0.1, 0.15) is 23.1 Å². The van der Waals surface area contributed by atoms with Crippen LogP contribution in [0.1, 0.15) is 17.2 Å². The molecule has 4 aromatic rings. The van der Waals surface area contributed by atoms with Crippen LogP contribution in [0.2, 0.25) is 0 Å². The molecule has 0 aliphatic carbocycles. The quantitative estimate of drug-likeness (QED) is 0.109. The lowest BCUT2D eigenvalue weighted by Crippen LogP contribution is -2.29. The number of nitro groups is 1. The Morgan fingerprint density at radius 1 is 0.868 bits per heavy atom. The van der Waals surface area contributed by atoms with Crippen molar-refractivity contribution in [2.24, 2.45) is 0 Å². The van der Waals surface area contributed by atoms with Gasteiger partial charge < -0.3 is 9.84 Å². The number of para-hydroxylation sites is 1. The molecule has 1 N–H and O–H groups in total. The van der Waals surface area contributed by atoms with Gasteiger partial charge in [0.2, 0.25) is 0 Å². The molecule has 4 aromatic carbocycles. The SMILES string of the molecule is O=C1C(=O)N(c2cccc(F)c2)C(c2cccc(Oc3ccccc3)c2)/C1=C(/O)c1cccc([N+](=O)[O-])c1. The van der Waals surface area contributed by atoms with E-state index in [1.54, 1.807) is 48.5 Å². The van der Waals surface area contributed by atoms with Gasteiger partial charge in [0.15, 0.2) is 0 Å². The molecule has 1 saturated heterocycles. The molecule has 1 unspecified atom stereocenters. The van der Waals surface area contributed by atoms with Gasteiger partial charge in [0.25, 0.3) is 17.4 Å². The first kappa shape index (κ1) is 24.4. The number of nitrogens with zero attached hydrogens (tertiary/aromatic N) is 2. The smallest absolute Gasteiger partial charge is 0.300 e. The Morgan fingerprint density at radius 2 is 1.58 bits per heavy atom. The number of anilines is 1. The molecular weight excluding hydrogens is 491 g/mol. The molecule has 5 rings (SSSR count). The molecule has 0 bridgehead atoms. The molecule has 8 nitrogen and oxygen atoms in total. The largest absolute Gasteiger partial charge is 0.507 e. The molecule has 1 aliphatic heterocycles. The fraction of sp³-hybridized carbons (Fsp3) is 0.0345. The summed E-state index contributed by atoms with van der Waals surface area (Å²) in [6.45, 7) is 0. The topological polar surface area (TPSA) is 110 Å². The Morgan fingerprint density at radius 3 is 2.32 bits per heavy atom. The molecule has 0 aromatic heterocycles. The van der Waals surface area contributed by atoms with Crippen molar-refractivity contribution in [3.8, 4) is 11.5 Å². The van der Waals surface area contributed by atoms with Gasteiger partial charge in [0, 0.05) is 23.4 Å². The summed E-state index contributed by atoms with van der Waals surface area (Å²) >= 11 is 0. The highest BCUT2D eigenvalue weighted by molar-refractivity contribution is 6.51. The Labute approximate surface area is 216 Å². The van der Waals surface area contributed by atoms with E-state index in [9.17, 15) is 29.2 Å². The number of Topliss-reactive ketones (excluding diaryl/α,β-unsaturated/α-hetero) is 1. The number of non-ortho nitro benzene ring substituents is 1. The monoisotopic (exact) mass is 510 g/mol. The molecule has 188 valence electrons. The third kappa shape index (κ3) is 4.60. The van der Waals surface area contributed by atoms with Gasteiger partial charge in [0.05, 0.1) is 16.5 Å². The molecule has 38 heavy (non-hydrogen) atoms. The molecule has 0 saturated carbocycles. The van der Waals surface area contributed by atoms with Crippen LogP contribution in [0.5, 0.6) is 11.5 Å². The number of amides is 1. The number of carbonyl (C=O) groups is 2. The summed E-state index contributed by atoms with van der Waals surface area (Å²) in [7, 11) is 0. The minimum absolute atomic E-state index is 0.0156. The number of hydrogen-bond donors (Lipinski definition) is 1. The van der Waals surface area contributed by atoms with Gasteiger partial charge in [-0.3, -0.25) is 24.6 Å². The zero-order valence-corrected chi connectivity index (χ0v) is 19.7. The number of ether oxygens (including phenoxy) is 1. The lowest BCUT2D eigenvalue weighted by Gasteiger charge is -2.25. The fourth-order valence-corrected chi connectivity index (χ4v) is 4.34. The number of rotatable bonds is 6. The minimum atomic E-state index is -1.17. The molecule has 0 spiro atoms. The van der Waals surface area contributed by atoms with E-state index < -0.39 is 34.2 Å². The van der Waals surface area contributed by atoms with Crippen LogP contribution in [0.4, 0.5) is 15.8 Å². The Kier molecular flexibility index (Phi) is 6.40. The van der Waals surface area contributed by atoms with Crippen molar-refractivity contribution in [3.63, 3.8) is 0 Å². The van der Waals surface area contributed by atoms with Crippen LogP contribution < -0.4 is 9.64 Å². The standard InChI is InChI=1S/C29H19FN2O6/c30-20-9-6-10-21(17-20)31-26(18-7-5-14-24(16-18)38-23-12-2-1-3-13-23)25(28(34)29(31)35)27(33)19-8-4-11-22(15-19)32(36)37/h1-17,26,33H/b27-25-. The maximum absolute atomic E-state index is 14.2. The van der Waals surface area contributed by atoms with E-state index in [4.69, 9.17) is 4.74 Å². The molecule has 9 heteroatoms. The van der Waals surface area contributed by atoms with E-state index in [-0.39, 0.29) is 22.5 Å². The number of aliphatic hydroxyl groups excluding tert-OH is 1. The van der Waals surface area contributed by atoms with Gasteiger partial charge >= 0.3 is 0 Å². The van der Waals surface area contributed by atoms with Crippen LogP contribution in [-0.4, -0.2) is 21.7 Å². The van der Waals surface area contributed by atoms with Crippen molar-refractivity contribution in [2.75, 3.05) is 4.90 Å². The Hall–Kier alpha value is -5.31. The predicted octanol–water partition coefficient (Wildman–Crippen LogP) is 6.15. The summed E-state index contributed by atoms with van der Waals surface area (Å²) in [4.78, 5) is 38.3. The number of ketones is 1. The highest BCUT2D eigenvalue weighted by Crippen LogP contribution is 2.43. The highest BCUT2D eigenvalue weighted by atomic mass is 19.1. The first-order valence-corrected chi connectivity index (χ1v) is 11.5. The van der Waals surface area contributed by atoms with E-state index >= 15 is 0 Å². The van der Waals surface area contributed by atoms with Crippen LogP contribution in [0.25, 0.3) is 5.76 Å². The maximum Gasteiger partial charge on any atom is 0.300 e. The van der Waals surface area contributed by atoms with Gasteiger partial charge in [-0.25, -0.2) is 4.39 Å². The number of halogens is 1. The normalized spacial score (nSPS) is 16.4. The minimum Gasteiger partial charge on any atom is -0.507 e. The maximum atomic E-state index is 14.2. The number of carbonyl (C=O) groups excluding carboxylic acids is 2. The summed E-state index contributed by atoms with van der Waals surface area (Å²) in [5, 5.41) is 22.5. The summed E-state index contributed by atoms with van der Waals surface area (Å²) in [6.07, 6.45) is 0. The molecule has 0 radical (unpaired) electrons. The molecule has 1 amide bonds. The van der Waals surface area contributed by atoms with Crippen LogP contribution >= 0.6 is 0 Å². The van der Waals surface area contributed by atoms with E-state index in [0.717, 1.165) is 17.0 Å². The van der Waals surface area contributed by atoms with Gasteiger partial charge in [-0.15, -0.1) is 0 Å². The number of nitro benzene ring substituents is 1. The highest BCUT2D eigenvalue weighted by Gasteiger charge is 2.47. The van der Waals surface area contributed by atoms with Crippen LogP contribution in [0.3, 0.4) is 0 Å². The van der Waals surface area contributed by atoms with Crippen molar-refractivity contribution in [1.29, 1.82) is 0 Å². The lowest BCUT2D eigenvalue weighted by molar-refractivity contribution is -0.384. The van der Waals surface area contributed by atoms with Crippen molar-refractivity contribution in [1.82, 2.24) is 0 Å². The van der Waals surface area contributed by atoms with Crippen LogP contribution in [0.15, 0.2) is 109 Å². The zero-order valence-electron chi connectivity index (χ0n) is 19.7. The number of aliphatic hydroxyl groups is 1. The molecule has 1 fully saturated rings. The van der Waals surface area contributed by atoms with Crippen molar-refractivity contribution < 1.29 is 28.7 Å². The number of benzene rings is 4. The first-order valence-electron chi connectivity index (χ1n) is 11.5. The summed E-state index contributed by atoms with van der Waals surface area (Å²) in [6, 6.07) is 24.7. The molecule has 1 atom stereocenters. The third-order valence-corrected chi connectivity index (χ3v) is 6.01. The second kappa shape index (κ2) is 9.98. The average molecular weight is 510 g/mol. The van der Waals surface area contributed by atoms with E-state index in [1.165, 1.54) is 36.4 Å². The fourth-order valence-electron chi connectivity index (χ4n) is 4.34. The summed E-state index contributed by atoms with van der Waals surface area (Å²) in [5.74, 6) is -2.26. The van der Waals surface area contributed by atoms with Crippen molar-refractivity contribution >= 4 is 28.8 Å². The van der Waals surface area contributed by atoms with E-state index in [0.29, 0.717) is 17.1 Å². The summed E-state index contributed by atoms with van der Waals surface area (Å²) < 4.78 is 20.1. The van der Waals surface area contributed by atoms with Crippen LogP contribution in [0, 0.1) is 15.9 Å². The zero-order chi connectivity index (χ0) is 26.8. The van der Waals surface area contributed by atoms with E-state index in [2.05, 4.69) is 0 Å². The first-order chi connectivity index (χ1) is 18.3. The van der Waals surface area contributed by atoms with E-state index in [1.807, 2.05) is 6.07 Å². The van der Waals surface area contributed by atoms with Gasteiger partial charge in [-0.05, 0) is 48.0 Å². The Balaban J connectivity index is 1.68. The average Bonchev–Trinajstić information content (AvgIpc) is 3.19. The summed E-state index contributed by atoms with van der Waals surface area (Å²) in [5.41, 5.74) is -0.114. The second-order valence-corrected chi connectivity index (χ2v) is 8.44.